The number of carboxylic acids is 1. The first-order valence-electron chi connectivity index (χ1n) is 13.4. The van der Waals surface area contributed by atoms with E-state index in [4.69, 9.17) is 5.11 Å². The normalized spacial score (nSPS) is 42.8. The van der Waals surface area contributed by atoms with Gasteiger partial charge in [-0.15, -0.1) is 0 Å². The molecule has 3 N–H and O–H groups in total. The van der Waals surface area contributed by atoms with Crippen LogP contribution in [-0.4, -0.2) is 34.2 Å². The van der Waals surface area contributed by atoms with Crippen LogP contribution in [0.1, 0.15) is 104 Å². The summed E-state index contributed by atoms with van der Waals surface area (Å²) < 4.78 is 0. The van der Waals surface area contributed by atoms with E-state index in [-0.39, 0.29) is 5.91 Å². The van der Waals surface area contributed by atoms with Crippen LogP contribution >= 0.6 is 0 Å². The van der Waals surface area contributed by atoms with Crippen LogP contribution in [0.4, 0.5) is 0 Å². The molecule has 32 heavy (non-hydrogen) atoms. The van der Waals surface area contributed by atoms with Gasteiger partial charge in [-0.2, -0.15) is 0 Å². The maximum absolute atomic E-state index is 12.3. The first-order chi connectivity index (χ1) is 15.2. The Morgan fingerprint density at radius 1 is 0.969 bits per heavy atom. The molecule has 0 aliphatic heterocycles. The van der Waals surface area contributed by atoms with Gasteiger partial charge in [0.25, 0.3) is 0 Å². The number of aliphatic hydroxyl groups excluding tert-OH is 1. The molecule has 1 amide bonds. The molecule has 4 fully saturated rings. The topological polar surface area (TPSA) is 86.6 Å². The van der Waals surface area contributed by atoms with Gasteiger partial charge in [-0.05, 0) is 112 Å². The van der Waals surface area contributed by atoms with Crippen LogP contribution in [0.2, 0.25) is 0 Å². The lowest BCUT2D eigenvalue weighted by molar-refractivity contribution is -0.144. The Balaban J connectivity index is 1.33. The van der Waals surface area contributed by atoms with Crippen molar-refractivity contribution in [1.82, 2.24) is 5.32 Å². The second-order valence-corrected chi connectivity index (χ2v) is 12.2. The molecule has 4 saturated carbocycles. The summed E-state index contributed by atoms with van der Waals surface area (Å²) in [5, 5.41) is 21.2. The molecule has 0 radical (unpaired) electrons. The lowest BCUT2D eigenvalue weighted by Gasteiger charge is -2.60. The van der Waals surface area contributed by atoms with Crippen molar-refractivity contribution in [1.29, 1.82) is 0 Å². The zero-order valence-corrected chi connectivity index (χ0v) is 20.4. The Morgan fingerprint density at radius 3 is 2.44 bits per heavy atom. The third-order valence-corrected chi connectivity index (χ3v) is 10.8. The van der Waals surface area contributed by atoms with E-state index in [9.17, 15) is 14.7 Å². The zero-order valence-electron chi connectivity index (χ0n) is 20.4. The molecule has 5 heteroatoms. The number of carbonyl (C=O) groups excluding carboxylic acids is 1. The summed E-state index contributed by atoms with van der Waals surface area (Å²) in [5.41, 5.74) is 1.00. The summed E-state index contributed by atoms with van der Waals surface area (Å²) in [4.78, 5) is 23.5. The number of hydrogen-bond donors (Lipinski definition) is 3. The molecule has 182 valence electrons. The summed E-state index contributed by atoms with van der Waals surface area (Å²) in [5.74, 6) is 2.90. The minimum atomic E-state index is -1.22. The lowest BCUT2D eigenvalue weighted by Crippen LogP contribution is -2.52. The van der Waals surface area contributed by atoms with Gasteiger partial charge in [0.05, 0.1) is 6.10 Å². The Kier molecular flexibility index (Phi) is 6.96. The van der Waals surface area contributed by atoms with E-state index in [1.807, 2.05) is 0 Å². The number of aliphatic carboxylic acids is 1. The Labute approximate surface area is 194 Å². The highest BCUT2D eigenvalue weighted by molar-refractivity contribution is 5.83. The molecule has 0 saturated heterocycles. The molecule has 9 atom stereocenters. The van der Waals surface area contributed by atoms with Crippen LogP contribution in [0.25, 0.3) is 0 Å². The van der Waals surface area contributed by atoms with Crippen molar-refractivity contribution in [2.75, 3.05) is 0 Å². The van der Waals surface area contributed by atoms with E-state index in [0.29, 0.717) is 23.2 Å². The smallest absolute Gasteiger partial charge is 0.328 e. The predicted molar refractivity (Wildman–Crippen MR) is 125 cm³/mol. The van der Waals surface area contributed by atoms with E-state index in [0.717, 1.165) is 36.5 Å². The van der Waals surface area contributed by atoms with E-state index in [1.54, 1.807) is 0 Å². The van der Waals surface area contributed by atoms with Crippen molar-refractivity contribution in [3.8, 4) is 0 Å². The fourth-order valence-corrected chi connectivity index (χ4v) is 9.02. The summed E-state index contributed by atoms with van der Waals surface area (Å²) in [6.45, 7) is 6.59. The van der Waals surface area contributed by atoms with E-state index < -0.39 is 18.1 Å². The van der Waals surface area contributed by atoms with Crippen LogP contribution in [0.5, 0.6) is 0 Å². The fourth-order valence-electron chi connectivity index (χ4n) is 9.02. The number of amides is 1. The van der Waals surface area contributed by atoms with Crippen LogP contribution in [-0.2, 0) is 9.59 Å². The van der Waals surface area contributed by atoms with Gasteiger partial charge in [-0.25, -0.2) is 4.79 Å². The van der Waals surface area contributed by atoms with E-state index in [2.05, 4.69) is 19.2 Å². The number of aliphatic hydroxyl groups is 1. The molecule has 0 spiro atoms. The quantitative estimate of drug-likeness (QED) is 0.503. The van der Waals surface area contributed by atoms with Crippen molar-refractivity contribution in [3.63, 3.8) is 0 Å². The van der Waals surface area contributed by atoms with Crippen LogP contribution in [0, 0.1) is 40.4 Å². The van der Waals surface area contributed by atoms with Crippen LogP contribution in [0.15, 0.2) is 0 Å². The lowest BCUT2D eigenvalue weighted by atomic mass is 9.45. The van der Waals surface area contributed by atoms with Gasteiger partial charge in [-0.3, -0.25) is 4.79 Å². The SMILES string of the molecule is CC(O)C(NC(=O)CCCC1CCC2[C@@H]3CCC4CCCCC4(C)C3CC[C@]12C)C(=O)O. The molecule has 4 rings (SSSR count). The maximum Gasteiger partial charge on any atom is 0.328 e. The summed E-state index contributed by atoms with van der Waals surface area (Å²) >= 11 is 0. The Hall–Kier alpha value is -1.10. The molecule has 5 nitrogen and oxygen atoms in total. The third-order valence-electron chi connectivity index (χ3n) is 10.8. The van der Waals surface area contributed by atoms with Gasteiger partial charge in [-0.1, -0.05) is 26.7 Å². The average molecular weight is 448 g/mol. The minimum Gasteiger partial charge on any atom is -0.480 e. The highest BCUT2D eigenvalue weighted by Crippen LogP contribution is 2.67. The first kappa shape index (κ1) is 24.0. The average Bonchev–Trinajstić information content (AvgIpc) is 3.07. The van der Waals surface area contributed by atoms with Gasteiger partial charge in [0.15, 0.2) is 6.04 Å². The van der Waals surface area contributed by atoms with Crippen molar-refractivity contribution >= 4 is 11.9 Å². The van der Waals surface area contributed by atoms with Gasteiger partial charge in [0, 0.05) is 6.42 Å². The Morgan fingerprint density at radius 2 is 1.72 bits per heavy atom. The molecule has 0 aromatic heterocycles. The fraction of sp³-hybridized carbons (Fsp3) is 0.926. The molecule has 0 aromatic carbocycles. The van der Waals surface area contributed by atoms with E-state index in [1.165, 1.54) is 71.1 Å². The molecule has 0 heterocycles. The van der Waals surface area contributed by atoms with Crippen molar-refractivity contribution in [2.24, 2.45) is 40.4 Å². The summed E-state index contributed by atoms with van der Waals surface area (Å²) in [7, 11) is 0. The van der Waals surface area contributed by atoms with E-state index >= 15 is 0 Å². The minimum absolute atomic E-state index is 0.259. The van der Waals surface area contributed by atoms with Gasteiger partial charge in [0.2, 0.25) is 5.91 Å². The number of rotatable bonds is 7. The number of fused-ring (bicyclic) bond motifs is 5. The van der Waals surface area contributed by atoms with Crippen molar-refractivity contribution in [2.45, 2.75) is 116 Å². The third kappa shape index (κ3) is 4.23. The highest BCUT2D eigenvalue weighted by Gasteiger charge is 2.59. The largest absolute Gasteiger partial charge is 0.480 e. The summed E-state index contributed by atoms with van der Waals surface area (Å²) in [6, 6.07) is -1.22. The highest BCUT2D eigenvalue weighted by atomic mass is 16.4. The number of carboxylic acid groups (broad SMARTS) is 1. The van der Waals surface area contributed by atoms with Gasteiger partial charge < -0.3 is 15.5 Å². The number of carbonyl (C=O) groups is 2. The molecule has 0 aromatic rings. The van der Waals surface area contributed by atoms with Gasteiger partial charge >= 0.3 is 5.97 Å². The number of hydrogen-bond acceptors (Lipinski definition) is 3. The second kappa shape index (κ2) is 9.27. The zero-order chi connectivity index (χ0) is 23.1. The Bertz CT molecular complexity index is 708. The molecule has 4 aliphatic rings. The van der Waals surface area contributed by atoms with Crippen LogP contribution < -0.4 is 5.32 Å². The van der Waals surface area contributed by atoms with Gasteiger partial charge in [0.1, 0.15) is 0 Å². The number of nitrogens with one attached hydrogen (secondary N) is 1. The van der Waals surface area contributed by atoms with Crippen molar-refractivity contribution in [3.05, 3.63) is 0 Å². The molecule has 4 aliphatic carbocycles. The standard InChI is InChI=1S/C27H45NO4/c1-17(29)24(25(31)32)28-23(30)9-6-8-19-11-13-21-20-12-10-18-7-4-5-15-26(18,2)22(20)14-16-27(19,21)3/h17-22,24,29H,4-16H2,1-3H3,(H,28,30)(H,31,32)/t17?,18?,19?,20-,21?,22?,24?,26?,27+/m0/s1. The van der Waals surface area contributed by atoms with Crippen LogP contribution in [0.3, 0.4) is 0 Å². The molecular formula is C27H45NO4. The second-order valence-electron chi connectivity index (χ2n) is 12.2. The first-order valence-corrected chi connectivity index (χ1v) is 13.4. The summed E-state index contributed by atoms with van der Waals surface area (Å²) in [6.07, 6.45) is 15.2. The maximum atomic E-state index is 12.3. The van der Waals surface area contributed by atoms with Crippen molar-refractivity contribution < 1.29 is 19.8 Å². The molecular weight excluding hydrogens is 402 g/mol. The predicted octanol–water partition coefficient (Wildman–Crippen LogP) is 5.16. The molecule has 7 unspecified atom stereocenters. The molecule has 0 bridgehead atoms. The monoisotopic (exact) mass is 447 g/mol.